The van der Waals surface area contributed by atoms with Gasteiger partial charge in [-0.1, -0.05) is 6.07 Å². The number of benzene rings is 1. The molecule has 0 amide bonds. The Hall–Kier alpha value is -1.06. The van der Waals surface area contributed by atoms with Crippen molar-refractivity contribution in [1.82, 2.24) is 5.32 Å². The first-order chi connectivity index (χ1) is 9.33. The maximum Gasteiger partial charge on any atom is 0.0637 e. The zero-order valence-electron chi connectivity index (χ0n) is 11.8. The lowest BCUT2D eigenvalue weighted by molar-refractivity contribution is 0.0791. The Balaban J connectivity index is 1.67. The molecule has 1 fully saturated rings. The summed E-state index contributed by atoms with van der Waals surface area (Å²) in [6.07, 6.45) is 5.21. The maximum absolute atomic E-state index is 5.52. The van der Waals surface area contributed by atoms with Crippen molar-refractivity contribution in [3.63, 3.8) is 0 Å². The number of nitrogens with one attached hydrogen (secondary N) is 1. The molecular weight excluding hydrogens is 236 g/mol. The predicted octanol–water partition coefficient (Wildman–Crippen LogP) is 1.99. The van der Waals surface area contributed by atoms with Crippen molar-refractivity contribution in [3.05, 3.63) is 29.3 Å². The van der Waals surface area contributed by atoms with E-state index in [0.717, 1.165) is 26.3 Å². The highest BCUT2D eigenvalue weighted by Crippen LogP contribution is 2.25. The van der Waals surface area contributed by atoms with Crippen LogP contribution in [0, 0.1) is 0 Å². The van der Waals surface area contributed by atoms with Crippen molar-refractivity contribution in [2.45, 2.75) is 31.7 Å². The molecule has 1 aliphatic carbocycles. The number of hydrogen-bond acceptors (Lipinski definition) is 3. The van der Waals surface area contributed by atoms with Crippen LogP contribution in [0.25, 0.3) is 0 Å². The van der Waals surface area contributed by atoms with Crippen LogP contribution in [0.2, 0.25) is 0 Å². The quantitative estimate of drug-likeness (QED) is 0.899. The average molecular weight is 260 g/mol. The minimum Gasteiger partial charge on any atom is -0.378 e. The van der Waals surface area contributed by atoms with Gasteiger partial charge in [-0.05, 0) is 48.9 Å². The van der Waals surface area contributed by atoms with E-state index < -0.39 is 0 Å². The fourth-order valence-corrected chi connectivity index (χ4v) is 3.13. The fraction of sp³-hybridized carbons (Fsp3) is 0.625. The van der Waals surface area contributed by atoms with E-state index in [1.165, 1.54) is 31.4 Å². The van der Waals surface area contributed by atoms with Gasteiger partial charge < -0.3 is 15.0 Å². The fourth-order valence-electron chi connectivity index (χ4n) is 3.13. The van der Waals surface area contributed by atoms with Crippen LogP contribution in [-0.2, 0) is 17.6 Å². The van der Waals surface area contributed by atoms with E-state index in [1.807, 2.05) is 0 Å². The number of likely N-dealkylation sites (N-methyl/N-ethyl adjacent to an activating group) is 1. The van der Waals surface area contributed by atoms with E-state index in [9.17, 15) is 0 Å². The van der Waals surface area contributed by atoms with Gasteiger partial charge in [0.05, 0.1) is 13.2 Å². The van der Waals surface area contributed by atoms with E-state index in [4.69, 9.17) is 4.74 Å². The molecule has 0 saturated carbocycles. The molecular formula is C16H24N2O. The molecule has 1 aromatic carbocycles. The lowest BCUT2D eigenvalue weighted by atomic mass is 9.91. The Morgan fingerprint density at radius 3 is 2.89 bits per heavy atom. The normalized spacial score (nSPS) is 22.9. The van der Waals surface area contributed by atoms with Gasteiger partial charge in [0.2, 0.25) is 0 Å². The Morgan fingerprint density at radius 1 is 1.26 bits per heavy atom. The molecule has 2 aliphatic rings. The highest BCUT2D eigenvalue weighted by atomic mass is 16.5. The van der Waals surface area contributed by atoms with Gasteiger partial charge in [0.15, 0.2) is 0 Å². The van der Waals surface area contributed by atoms with Gasteiger partial charge in [0.25, 0.3) is 0 Å². The molecule has 104 valence electrons. The van der Waals surface area contributed by atoms with Crippen molar-refractivity contribution in [2.75, 3.05) is 38.3 Å². The number of anilines is 1. The molecule has 0 radical (unpaired) electrons. The van der Waals surface area contributed by atoms with Crippen molar-refractivity contribution < 1.29 is 4.74 Å². The molecule has 19 heavy (non-hydrogen) atoms. The zero-order valence-corrected chi connectivity index (χ0v) is 11.8. The largest absolute Gasteiger partial charge is 0.378 e. The van der Waals surface area contributed by atoms with Crippen LogP contribution in [0.5, 0.6) is 0 Å². The molecule has 1 heterocycles. The van der Waals surface area contributed by atoms with Crippen LogP contribution < -0.4 is 10.2 Å². The van der Waals surface area contributed by atoms with Crippen LogP contribution in [0.15, 0.2) is 18.2 Å². The number of hydrogen-bond donors (Lipinski definition) is 1. The van der Waals surface area contributed by atoms with E-state index in [-0.39, 0.29) is 0 Å². The first-order valence-corrected chi connectivity index (χ1v) is 7.47. The Bertz CT molecular complexity index is 427. The molecule has 0 spiro atoms. The van der Waals surface area contributed by atoms with Crippen molar-refractivity contribution in [3.8, 4) is 0 Å². The number of fused-ring (bicyclic) bond motifs is 1. The van der Waals surface area contributed by atoms with Gasteiger partial charge in [-0.3, -0.25) is 0 Å². The highest BCUT2D eigenvalue weighted by Gasteiger charge is 2.16. The molecule has 3 nitrogen and oxygen atoms in total. The number of rotatable bonds is 3. The molecule has 3 rings (SSSR count). The third-order valence-electron chi connectivity index (χ3n) is 4.27. The summed E-state index contributed by atoms with van der Waals surface area (Å²) >= 11 is 0. The van der Waals surface area contributed by atoms with Crippen molar-refractivity contribution in [1.29, 1.82) is 0 Å². The lowest BCUT2D eigenvalue weighted by Crippen LogP contribution is -2.47. The minimum absolute atomic E-state index is 0.454. The summed E-state index contributed by atoms with van der Waals surface area (Å²) in [5.74, 6) is 0. The summed E-state index contributed by atoms with van der Waals surface area (Å²) in [6, 6.07) is 7.44. The Kier molecular flexibility index (Phi) is 4.04. The number of aryl methyl sites for hydroxylation is 2. The molecule has 0 bridgehead atoms. The van der Waals surface area contributed by atoms with Gasteiger partial charge in [-0.2, -0.15) is 0 Å². The molecule has 0 aromatic heterocycles. The topological polar surface area (TPSA) is 24.5 Å². The summed E-state index contributed by atoms with van der Waals surface area (Å²) in [5.41, 5.74) is 4.46. The summed E-state index contributed by atoms with van der Waals surface area (Å²) in [4.78, 5) is 2.35. The summed E-state index contributed by atoms with van der Waals surface area (Å²) in [6.45, 7) is 3.66. The lowest BCUT2D eigenvalue weighted by Gasteiger charge is -2.30. The first kappa shape index (κ1) is 12.9. The van der Waals surface area contributed by atoms with Gasteiger partial charge in [0, 0.05) is 31.9 Å². The molecule has 3 heteroatoms. The van der Waals surface area contributed by atoms with Gasteiger partial charge in [-0.25, -0.2) is 0 Å². The zero-order chi connectivity index (χ0) is 13.1. The van der Waals surface area contributed by atoms with E-state index >= 15 is 0 Å². The van der Waals surface area contributed by atoms with Crippen LogP contribution >= 0.6 is 0 Å². The molecule has 1 N–H and O–H groups in total. The minimum atomic E-state index is 0.454. The second kappa shape index (κ2) is 5.93. The van der Waals surface area contributed by atoms with Crippen LogP contribution in [-0.4, -0.2) is 39.4 Å². The van der Waals surface area contributed by atoms with E-state index in [1.54, 1.807) is 11.1 Å². The SMILES string of the molecule is CN(CC1COCCN1)c1ccc2c(c1)CCCC2. The smallest absolute Gasteiger partial charge is 0.0637 e. The van der Waals surface area contributed by atoms with Gasteiger partial charge in [0.1, 0.15) is 0 Å². The molecule has 1 saturated heterocycles. The summed E-state index contributed by atoms with van der Waals surface area (Å²) in [5, 5.41) is 3.52. The summed E-state index contributed by atoms with van der Waals surface area (Å²) < 4.78 is 5.52. The molecule has 1 aliphatic heterocycles. The van der Waals surface area contributed by atoms with Crippen LogP contribution in [0.1, 0.15) is 24.0 Å². The monoisotopic (exact) mass is 260 g/mol. The third-order valence-corrected chi connectivity index (χ3v) is 4.27. The van der Waals surface area contributed by atoms with E-state index in [2.05, 4.69) is 35.5 Å². The van der Waals surface area contributed by atoms with Crippen LogP contribution in [0.3, 0.4) is 0 Å². The van der Waals surface area contributed by atoms with E-state index in [0.29, 0.717) is 6.04 Å². The second-order valence-electron chi connectivity index (χ2n) is 5.77. The van der Waals surface area contributed by atoms with Crippen molar-refractivity contribution >= 4 is 5.69 Å². The molecule has 1 unspecified atom stereocenters. The first-order valence-electron chi connectivity index (χ1n) is 7.47. The Labute approximate surface area is 115 Å². The average Bonchev–Trinajstić information content (AvgIpc) is 2.48. The standard InChI is InChI=1S/C16H24N2O/c1-18(11-15-12-19-9-8-17-15)16-7-6-13-4-2-3-5-14(13)10-16/h6-7,10,15,17H,2-5,8-9,11-12H2,1H3. The third kappa shape index (κ3) is 3.10. The summed E-state index contributed by atoms with van der Waals surface area (Å²) in [7, 11) is 2.18. The van der Waals surface area contributed by atoms with Gasteiger partial charge in [-0.15, -0.1) is 0 Å². The molecule has 1 aromatic rings. The second-order valence-corrected chi connectivity index (χ2v) is 5.77. The highest BCUT2D eigenvalue weighted by molar-refractivity contribution is 5.51. The number of morpholine rings is 1. The molecule has 1 atom stereocenters. The van der Waals surface area contributed by atoms with Gasteiger partial charge >= 0.3 is 0 Å². The van der Waals surface area contributed by atoms with Crippen molar-refractivity contribution in [2.24, 2.45) is 0 Å². The number of nitrogens with zero attached hydrogens (tertiary/aromatic N) is 1. The number of ether oxygens (including phenoxy) is 1. The maximum atomic E-state index is 5.52. The Morgan fingerprint density at radius 2 is 2.11 bits per heavy atom. The van der Waals surface area contributed by atoms with Crippen LogP contribution in [0.4, 0.5) is 5.69 Å². The predicted molar refractivity (Wildman–Crippen MR) is 79.0 cm³/mol.